The van der Waals surface area contributed by atoms with Gasteiger partial charge in [-0.25, -0.2) is 0 Å². The third-order valence-electron chi connectivity index (χ3n) is 4.25. The molecule has 2 atom stereocenters. The Kier molecular flexibility index (Phi) is 8.13. The van der Waals surface area contributed by atoms with E-state index in [1.54, 1.807) is 0 Å². The van der Waals surface area contributed by atoms with Gasteiger partial charge in [-0.2, -0.15) is 0 Å². The molecule has 0 saturated heterocycles. The highest BCUT2D eigenvalue weighted by atomic mass is 15.1. The molecule has 0 aliphatic carbocycles. The number of nitrogens with one attached hydrogen (secondary N) is 1. The lowest BCUT2D eigenvalue weighted by molar-refractivity contribution is 0.124. The Morgan fingerprint density at radius 1 is 1.11 bits per heavy atom. The Morgan fingerprint density at radius 2 is 1.67 bits per heavy atom. The zero-order valence-electron chi connectivity index (χ0n) is 14.0. The van der Waals surface area contributed by atoms with Gasteiger partial charge in [-0.15, -0.1) is 0 Å². The SMILES string of the molecule is CCC(C)(CNCC(C)C)CN(C)C(C)C(C)C. The van der Waals surface area contributed by atoms with Crippen LogP contribution in [0.4, 0.5) is 0 Å². The van der Waals surface area contributed by atoms with Crippen LogP contribution in [0.1, 0.15) is 54.9 Å². The molecule has 0 spiro atoms. The van der Waals surface area contributed by atoms with E-state index in [1.165, 1.54) is 13.0 Å². The Hall–Kier alpha value is -0.0800. The van der Waals surface area contributed by atoms with E-state index in [2.05, 4.69) is 65.7 Å². The van der Waals surface area contributed by atoms with Gasteiger partial charge in [0.2, 0.25) is 0 Å². The topological polar surface area (TPSA) is 15.3 Å². The van der Waals surface area contributed by atoms with E-state index in [0.29, 0.717) is 11.5 Å². The minimum atomic E-state index is 0.382. The van der Waals surface area contributed by atoms with Crippen LogP contribution in [0, 0.1) is 17.3 Å². The van der Waals surface area contributed by atoms with Gasteiger partial charge in [0.25, 0.3) is 0 Å². The fourth-order valence-corrected chi connectivity index (χ4v) is 2.21. The van der Waals surface area contributed by atoms with E-state index in [9.17, 15) is 0 Å². The van der Waals surface area contributed by atoms with Crippen molar-refractivity contribution in [3.05, 3.63) is 0 Å². The van der Waals surface area contributed by atoms with E-state index in [4.69, 9.17) is 0 Å². The fourth-order valence-electron chi connectivity index (χ4n) is 2.21. The monoisotopic (exact) mass is 256 g/mol. The molecule has 0 aromatic rings. The molecule has 0 amide bonds. The lowest BCUT2D eigenvalue weighted by Gasteiger charge is -2.37. The van der Waals surface area contributed by atoms with Crippen molar-refractivity contribution in [2.75, 3.05) is 26.7 Å². The Balaban J connectivity index is 4.28. The van der Waals surface area contributed by atoms with Gasteiger partial charge in [-0.3, -0.25) is 0 Å². The summed E-state index contributed by atoms with van der Waals surface area (Å²) in [5.74, 6) is 1.46. The molecular weight excluding hydrogens is 220 g/mol. The van der Waals surface area contributed by atoms with Gasteiger partial charge in [-0.1, -0.05) is 41.5 Å². The molecule has 2 nitrogen and oxygen atoms in total. The van der Waals surface area contributed by atoms with Crippen LogP contribution in [-0.2, 0) is 0 Å². The van der Waals surface area contributed by atoms with Crippen molar-refractivity contribution in [3.8, 4) is 0 Å². The third-order valence-corrected chi connectivity index (χ3v) is 4.25. The molecule has 0 aliphatic rings. The average Bonchev–Trinajstić information content (AvgIpc) is 2.27. The minimum Gasteiger partial charge on any atom is -0.316 e. The van der Waals surface area contributed by atoms with Gasteiger partial charge in [0.1, 0.15) is 0 Å². The molecule has 2 unspecified atom stereocenters. The summed E-state index contributed by atoms with van der Waals surface area (Å²) in [7, 11) is 2.26. The van der Waals surface area contributed by atoms with Crippen LogP contribution < -0.4 is 5.32 Å². The van der Waals surface area contributed by atoms with Crippen LogP contribution in [0.15, 0.2) is 0 Å². The molecule has 0 aliphatic heterocycles. The van der Waals surface area contributed by atoms with Gasteiger partial charge >= 0.3 is 0 Å². The predicted molar refractivity (Wildman–Crippen MR) is 83.0 cm³/mol. The Bertz CT molecular complexity index is 213. The van der Waals surface area contributed by atoms with Gasteiger partial charge in [0.05, 0.1) is 0 Å². The first-order chi connectivity index (χ1) is 8.22. The van der Waals surface area contributed by atoms with Crippen LogP contribution in [0.25, 0.3) is 0 Å². The molecule has 0 aromatic heterocycles. The van der Waals surface area contributed by atoms with E-state index in [-0.39, 0.29) is 0 Å². The second-order valence-corrected chi connectivity index (χ2v) is 7.09. The van der Waals surface area contributed by atoms with Gasteiger partial charge in [0, 0.05) is 19.1 Å². The average molecular weight is 256 g/mol. The van der Waals surface area contributed by atoms with Crippen molar-refractivity contribution >= 4 is 0 Å². The lowest BCUT2D eigenvalue weighted by atomic mass is 9.86. The van der Waals surface area contributed by atoms with Crippen LogP contribution in [0.3, 0.4) is 0 Å². The second kappa shape index (κ2) is 8.16. The van der Waals surface area contributed by atoms with Crippen molar-refractivity contribution in [1.29, 1.82) is 0 Å². The highest BCUT2D eigenvalue weighted by Gasteiger charge is 2.26. The van der Waals surface area contributed by atoms with Gasteiger partial charge in [-0.05, 0) is 44.2 Å². The van der Waals surface area contributed by atoms with Crippen molar-refractivity contribution in [2.45, 2.75) is 60.9 Å². The van der Waals surface area contributed by atoms with Gasteiger partial charge in [0.15, 0.2) is 0 Å². The molecule has 2 heteroatoms. The fraction of sp³-hybridized carbons (Fsp3) is 1.00. The first-order valence-corrected chi connectivity index (χ1v) is 7.62. The zero-order chi connectivity index (χ0) is 14.3. The highest BCUT2D eigenvalue weighted by molar-refractivity contribution is 4.81. The predicted octanol–water partition coefficient (Wildman–Crippen LogP) is 3.62. The first kappa shape index (κ1) is 17.9. The Labute approximate surface area is 116 Å². The van der Waals surface area contributed by atoms with Gasteiger partial charge < -0.3 is 10.2 Å². The van der Waals surface area contributed by atoms with Crippen molar-refractivity contribution in [1.82, 2.24) is 10.2 Å². The molecule has 1 N–H and O–H groups in total. The summed E-state index contributed by atoms with van der Waals surface area (Å²) in [4.78, 5) is 2.52. The summed E-state index contributed by atoms with van der Waals surface area (Å²) >= 11 is 0. The second-order valence-electron chi connectivity index (χ2n) is 7.09. The summed E-state index contributed by atoms with van der Waals surface area (Å²) < 4.78 is 0. The maximum absolute atomic E-state index is 3.62. The molecular formula is C16H36N2. The third kappa shape index (κ3) is 6.75. The number of nitrogens with zero attached hydrogens (tertiary/aromatic N) is 1. The number of hydrogen-bond donors (Lipinski definition) is 1. The van der Waals surface area contributed by atoms with Crippen LogP contribution in [-0.4, -0.2) is 37.6 Å². The zero-order valence-corrected chi connectivity index (χ0v) is 14.0. The molecule has 0 saturated carbocycles. The largest absolute Gasteiger partial charge is 0.316 e. The van der Waals surface area contributed by atoms with Crippen molar-refractivity contribution in [2.24, 2.45) is 17.3 Å². The molecule has 0 rings (SSSR count). The summed E-state index contributed by atoms with van der Waals surface area (Å²) in [5.41, 5.74) is 0.382. The number of hydrogen-bond acceptors (Lipinski definition) is 2. The van der Waals surface area contributed by atoms with E-state index in [1.807, 2.05) is 0 Å². The molecule has 0 bridgehead atoms. The molecule has 110 valence electrons. The lowest BCUT2D eigenvalue weighted by Crippen LogP contribution is -2.45. The molecule has 18 heavy (non-hydrogen) atoms. The summed E-state index contributed by atoms with van der Waals surface area (Å²) in [6, 6.07) is 0.654. The standard InChI is InChI=1S/C16H36N2/c1-9-16(7,11-17-10-13(2)3)12-18(8)15(6)14(4)5/h13-15,17H,9-12H2,1-8H3. The summed E-state index contributed by atoms with van der Waals surface area (Å²) in [6.45, 7) is 19.6. The van der Waals surface area contributed by atoms with E-state index in [0.717, 1.165) is 24.9 Å². The van der Waals surface area contributed by atoms with E-state index < -0.39 is 0 Å². The minimum absolute atomic E-state index is 0.382. The summed E-state index contributed by atoms with van der Waals surface area (Å²) in [5, 5.41) is 3.62. The molecule has 0 heterocycles. The molecule has 0 fully saturated rings. The molecule has 0 aromatic carbocycles. The molecule has 0 radical (unpaired) electrons. The smallest absolute Gasteiger partial charge is 0.00871 e. The van der Waals surface area contributed by atoms with Crippen LogP contribution >= 0.6 is 0 Å². The maximum Gasteiger partial charge on any atom is 0.00871 e. The first-order valence-electron chi connectivity index (χ1n) is 7.62. The quantitative estimate of drug-likeness (QED) is 0.678. The maximum atomic E-state index is 3.62. The van der Waals surface area contributed by atoms with Crippen LogP contribution in [0.5, 0.6) is 0 Å². The summed E-state index contributed by atoms with van der Waals surface area (Å²) in [6.07, 6.45) is 1.23. The highest BCUT2D eigenvalue weighted by Crippen LogP contribution is 2.23. The van der Waals surface area contributed by atoms with Crippen molar-refractivity contribution in [3.63, 3.8) is 0 Å². The van der Waals surface area contributed by atoms with Crippen LogP contribution in [0.2, 0.25) is 0 Å². The Morgan fingerprint density at radius 3 is 2.06 bits per heavy atom. The normalized spacial score (nSPS) is 17.5. The van der Waals surface area contributed by atoms with E-state index >= 15 is 0 Å². The number of rotatable bonds is 9. The van der Waals surface area contributed by atoms with Crippen molar-refractivity contribution < 1.29 is 0 Å².